The molecule has 0 aliphatic heterocycles. The third-order valence-corrected chi connectivity index (χ3v) is 2.91. The minimum atomic E-state index is -4.91. The first-order chi connectivity index (χ1) is 5.82. The molecule has 0 heterocycles. The number of aliphatic hydroxyl groups excluding tert-OH is 3. The molecule has 7 heteroatoms. The summed E-state index contributed by atoms with van der Waals surface area (Å²) >= 11 is 0. The van der Waals surface area contributed by atoms with E-state index in [1.807, 2.05) is 0 Å². The zero-order chi connectivity index (χ0) is 10.2. The summed E-state index contributed by atoms with van der Waals surface area (Å²) in [6.45, 7) is 0. The van der Waals surface area contributed by atoms with Crippen LogP contribution >= 0.6 is 7.60 Å². The fourth-order valence-electron chi connectivity index (χ4n) is 1.13. The van der Waals surface area contributed by atoms with Crippen LogP contribution in [0.15, 0.2) is 11.4 Å². The summed E-state index contributed by atoms with van der Waals surface area (Å²) in [5, 5.41) is 26.5. The van der Waals surface area contributed by atoms with E-state index < -0.39 is 37.6 Å². The Balaban J connectivity index is 2.92. The van der Waals surface area contributed by atoms with E-state index in [0.717, 1.165) is 6.08 Å². The minimum absolute atomic E-state index is 0.442. The summed E-state index contributed by atoms with van der Waals surface area (Å²) in [7, 11) is -4.91. The Morgan fingerprint density at radius 2 is 1.92 bits per heavy atom. The van der Waals surface area contributed by atoms with Crippen molar-refractivity contribution in [3.8, 4) is 0 Å². The summed E-state index contributed by atoms with van der Waals surface area (Å²) in [4.78, 5) is 21.0. The van der Waals surface area contributed by atoms with Gasteiger partial charge in [0.25, 0.3) is 0 Å². The summed E-state index contributed by atoms with van der Waals surface area (Å²) in [5.41, 5.74) is 0. The molecule has 1 aliphatic carbocycles. The fraction of sp³-hybridized carbons (Fsp3) is 0.667. The second-order valence-electron chi connectivity index (χ2n) is 2.91. The molecule has 0 fully saturated rings. The second-order valence-corrected chi connectivity index (χ2v) is 4.48. The van der Waals surface area contributed by atoms with Crippen LogP contribution in [-0.4, -0.2) is 33.6 Å². The predicted molar refractivity (Wildman–Crippen MR) is 38.3 cm³/mol. The summed E-state index contributed by atoms with van der Waals surface area (Å²) in [6.07, 6.45) is -4.03. The lowest BCUT2D eigenvalue weighted by atomic mass is 9.99. The quantitative estimate of drug-likeness (QED) is 0.402. The van der Waals surface area contributed by atoms with Gasteiger partial charge in [0.2, 0.25) is 0 Å². The van der Waals surface area contributed by atoms with Crippen LogP contribution in [0.4, 0.5) is 0 Å². The van der Waals surface area contributed by atoms with Crippen LogP contribution in [0, 0.1) is 0 Å². The average Bonchev–Trinajstić information content (AvgIpc) is 1.97. The SMILES string of the molecule is O=P([O-])([O-])C1=C[C@@H](O)[C@H](O)[C@@H](O)C1. The number of aliphatic hydroxyl groups is 3. The van der Waals surface area contributed by atoms with Crippen LogP contribution in [-0.2, 0) is 4.57 Å². The fourth-order valence-corrected chi connectivity index (χ4v) is 1.88. The van der Waals surface area contributed by atoms with Crippen molar-refractivity contribution in [1.82, 2.24) is 0 Å². The van der Waals surface area contributed by atoms with Gasteiger partial charge in [0.15, 0.2) is 0 Å². The zero-order valence-electron chi connectivity index (χ0n) is 6.53. The molecule has 76 valence electrons. The Morgan fingerprint density at radius 3 is 2.31 bits per heavy atom. The molecule has 0 amide bonds. The molecule has 0 spiro atoms. The van der Waals surface area contributed by atoms with Crippen LogP contribution < -0.4 is 9.79 Å². The van der Waals surface area contributed by atoms with E-state index in [4.69, 9.17) is 15.3 Å². The molecule has 0 unspecified atom stereocenters. The van der Waals surface area contributed by atoms with E-state index in [-0.39, 0.29) is 0 Å². The van der Waals surface area contributed by atoms with Gasteiger partial charge in [-0.1, -0.05) is 0 Å². The van der Waals surface area contributed by atoms with E-state index in [2.05, 4.69) is 0 Å². The van der Waals surface area contributed by atoms with Gasteiger partial charge in [-0.3, -0.25) is 0 Å². The van der Waals surface area contributed by atoms with Crippen LogP contribution in [0.1, 0.15) is 6.42 Å². The molecular weight excluding hydrogens is 199 g/mol. The maximum atomic E-state index is 10.5. The lowest BCUT2D eigenvalue weighted by molar-refractivity contribution is -0.310. The van der Waals surface area contributed by atoms with Gasteiger partial charge >= 0.3 is 0 Å². The summed E-state index contributed by atoms with van der Waals surface area (Å²) in [6, 6.07) is 0. The molecule has 0 saturated carbocycles. The Hall–Kier alpha value is -0.230. The second kappa shape index (κ2) is 3.49. The molecule has 0 bridgehead atoms. The van der Waals surface area contributed by atoms with Crippen LogP contribution in [0.25, 0.3) is 0 Å². The highest BCUT2D eigenvalue weighted by atomic mass is 31.2. The first kappa shape index (κ1) is 10.8. The zero-order valence-corrected chi connectivity index (χ0v) is 7.42. The summed E-state index contributed by atoms with van der Waals surface area (Å²) < 4.78 is 10.5. The monoisotopic (exact) mass is 208 g/mol. The van der Waals surface area contributed by atoms with Crippen LogP contribution in [0.5, 0.6) is 0 Å². The first-order valence-electron chi connectivity index (χ1n) is 3.60. The van der Waals surface area contributed by atoms with Crippen molar-refractivity contribution in [3.63, 3.8) is 0 Å². The lowest BCUT2D eigenvalue weighted by Gasteiger charge is -2.38. The third kappa shape index (κ3) is 2.37. The van der Waals surface area contributed by atoms with Crippen molar-refractivity contribution < 1.29 is 29.7 Å². The van der Waals surface area contributed by atoms with Gasteiger partial charge in [0.05, 0.1) is 6.10 Å². The highest BCUT2D eigenvalue weighted by molar-refractivity contribution is 7.53. The van der Waals surface area contributed by atoms with Crippen molar-refractivity contribution >= 4 is 7.60 Å². The predicted octanol–water partition coefficient (Wildman–Crippen LogP) is -2.73. The largest absolute Gasteiger partial charge is 0.808 e. The number of hydrogen-bond donors (Lipinski definition) is 3. The van der Waals surface area contributed by atoms with Crippen LogP contribution in [0.3, 0.4) is 0 Å². The Morgan fingerprint density at radius 1 is 1.38 bits per heavy atom. The molecule has 13 heavy (non-hydrogen) atoms. The van der Waals surface area contributed by atoms with E-state index in [0.29, 0.717) is 0 Å². The van der Waals surface area contributed by atoms with Crippen molar-refractivity contribution in [2.45, 2.75) is 24.7 Å². The molecule has 1 rings (SSSR count). The Kier molecular flexibility index (Phi) is 2.91. The third-order valence-electron chi connectivity index (χ3n) is 1.88. The topological polar surface area (TPSA) is 124 Å². The molecule has 0 aromatic rings. The standard InChI is InChI=1S/C6H11O6P/c7-4-1-3(13(10,11)12)2-5(8)6(4)9/h1,4-9H,2H2,(H2,10,11,12)/p-2/t4-,5+,6+/m1/s1. The van der Waals surface area contributed by atoms with Gasteiger partial charge < -0.3 is 29.7 Å². The van der Waals surface area contributed by atoms with Gasteiger partial charge in [-0.25, -0.2) is 0 Å². The number of hydrogen-bond acceptors (Lipinski definition) is 6. The lowest BCUT2D eigenvalue weighted by Crippen LogP contribution is -2.40. The molecule has 6 nitrogen and oxygen atoms in total. The highest BCUT2D eigenvalue weighted by Crippen LogP contribution is 2.41. The molecule has 1 aliphatic rings. The average molecular weight is 208 g/mol. The molecule has 0 saturated heterocycles. The van der Waals surface area contributed by atoms with Crippen molar-refractivity contribution in [2.75, 3.05) is 0 Å². The molecule has 0 aromatic carbocycles. The molecule has 0 radical (unpaired) electrons. The smallest absolute Gasteiger partial charge is 0.110 e. The van der Waals surface area contributed by atoms with Gasteiger partial charge in [0, 0.05) is 6.42 Å². The normalized spacial score (nSPS) is 35.8. The molecule has 3 N–H and O–H groups in total. The maximum Gasteiger partial charge on any atom is 0.110 e. The van der Waals surface area contributed by atoms with Crippen molar-refractivity contribution in [1.29, 1.82) is 0 Å². The Bertz CT molecular complexity index is 268. The van der Waals surface area contributed by atoms with Gasteiger partial charge in [-0.05, 0) is 19.0 Å². The van der Waals surface area contributed by atoms with Gasteiger partial charge in [-0.2, -0.15) is 0 Å². The van der Waals surface area contributed by atoms with Gasteiger partial charge in [0.1, 0.15) is 12.2 Å². The molecule has 0 aromatic heterocycles. The number of rotatable bonds is 1. The highest BCUT2D eigenvalue weighted by Gasteiger charge is 2.29. The van der Waals surface area contributed by atoms with E-state index in [1.165, 1.54) is 0 Å². The van der Waals surface area contributed by atoms with Gasteiger partial charge in [-0.15, -0.1) is 0 Å². The minimum Gasteiger partial charge on any atom is -0.808 e. The molecular formula is C6H9O6P-2. The Labute approximate surface area is 74.3 Å². The van der Waals surface area contributed by atoms with E-state index in [9.17, 15) is 14.4 Å². The van der Waals surface area contributed by atoms with E-state index in [1.54, 1.807) is 0 Å². The van der Waals surface area contributed by atoms with Crippen molar-refractivity contribution in [2.24, 2.45) is 0 Å². The van der Waals surface area contributed by atoms with E-state index >= 15 is 0 Å². The van der Waals surface area contributed by atoms with Crippen molar-refractivity contribution in [3.05, 3.63) is 11.4 Å². The molecule has 3 atom stereocenters. The first-order valence-corrected chi connectivity index (χ1v) is 5.14. The van der Waals surface area contributed by atoms with Crippen LogP contribution in [0.2, 0.25) is 0 Å². The summed E-state index contributed by atoms with van der Waals surface area (Å²) in [5.74, 6) is 0. The maximum absolute atomic E-state index is 10.5.